The van der Waals surface area contributed by atoms with E-state index in [0.29, 0.717) is 24.2 Å². The highest BCUT2D eigenvalue weighted by Crippen LogP contribution is 2.22. The molecule has 44 nitrogen and oxygen atoms in total. The Kier molecular flexibility index (Phi) is 50.2. The second-order valence-electron chi connectivity index (χ2n) is 31.5. The van der Waals surface area contributed by atoms with Gasteiger partial charge in [-0.15, -0.1) is 0 Å². The van der Waals surface area contributed by atoms with E-state index in [1.165, 1.54) is 54.7 Å². The molecule has 3 rings (SSSR count). The summed E-state index contributed by atoms with van der Waals surface area (Å²) in [6.07, 6.45) is 1.61. The fourth-order valence-electron chi connectivity index (χ4n) is 13.2. The minimum Gasteiger partial charge on any atom is -0.508 e. The number of carboxylic acids is 2. The molecule has 46 heteroatoms. The highest BCUT2D eigenvalue weighted by Gasteiger charge is 2.43. The number of primary amides is 1. The molecule has 0 saturated carbocycles. The molecule has 1 aliphatic heterocycles. The summed E-state index contributed by atoms with van der Waals surface area (Å²) in [6, 6.07) is -8.41. The van der Waals surface area contributed by atoms with Crippen molar-refractivity contribution in [3.05, 3.63) is 65.7 Å². The Morgan fingerprint density at radius 2 is 0.953 bits per heavy atom. The van der Waals surface area contributed by atoms with Crippen LogP contribution in [0.2, 0.25) is 0 Å². The van der Waals surface area contributed by atoms with E-state index in [2.05, 4.69) is 79.8 Å². The van der Waals surface area contributed by atoms with E-state index in [4.69, 9.17) is 28.3 Å². The topological polar surface area (TPSA) is 720 Å². The summed E-state index contributed by atoms with van der Waals surface area (Å²) >= 11 is 2.58. The first-order valence-electron chi connectivity index (χ1n) is 42.4. The summed E-state index contributed by atoms with van der Waals surface area (Å²) in [6.45, 7) is 8.24. The molecule has 714 valence electrons. The summed E-state index contributed by atoms with van der Waals surface area (Å²) in [4.78, 5) is 249. The third-order valence-corrected chi connectivity index (χ3v) is 22.4. The molecular formula is C82H131N21O23S2. The van der Waals surface area contributed by atoms with E-state index in [1.807, 2.05) is 0 Å². The van der Waals surface area contributed by atoms with Crippen molar-refractivity contribution in [3.63, 3.8) is 0 Å². The number of benzene rings is 2. The number of carbonyl (C=O) groups excluding carboxylic acids is 16. The molecule has 1 saturated heterocycles. The molecule has 2 aromatic carbocycles. The van der Waals surface area contributed by atoms with E-state index < -0.39 is 260 Å². The average molecular weight is 1840 g/mol. The molecule has 0 aromatic heterocycles. The lowest BCUT2D eigenvalue weighted by Gasteiger charge is -2.30. The molecule has 29 N–H and O–H groups in total. The first kappa shape index (κ1) is 111. The van der Waals surface area contributed by atoms with Crippen LogP contribution in [0, 0.1) is 23.2 Å². The molecule has 16 amide bonds. The Bertz CT molecular complexity index is 4070. The number of phenolic OH excluding ortho intramolecular Hbond substituents is 1. The number of aliphatic carboxylic acids is 2. The van der Waals surface area contributed by atoms with E-state index >= 15 is 0 Å². The number of hydrogen-bond acceptors (Lipinski definition) is 26. The van der Waals surface area contributed by atoms with E-state index in [-0.39, 0.29) is 102 Å². The predicted molar refractivity (Wildman–Crippen MR) is 473 cm³/mol. The number of hydrogen-bond donors (Lipinski definition) is 25. The van der Waals surface area contributed by atoms with Gasteiger partial charge in [-0.25, -0.2) is 4.79 Å². The van der Waals surface area contributed by atoms with Crippen LogP contribution >= 0.6 is 23.5 Å². The van der Waals surface area contributed by atoms with Gasteiger partial charge in [0.2, 0.25) is 94.5 Å². The molecule has 0 bridgehead atoms. The van der Waals surface area contributed by atoms with Crippen LogP contribution in [0.3, 0.4) is 0 Å². The van der Waals surface area contributed by atoms with Crippen LogP contribution < -0.4 is 103 Å². The average Bonchev–Trinajstić information content (AvgIpc) is 1.64. The second-order valence-corrected chi connectivity index (χ2v) is 33.5. The molecule has 0 spiro atoms. The minimum absolute atomic E-state index is 0.0147. The summed E-state index contributed by atoms with van der Waals surface area (Å²) in [7, 11) is 0. The van der Waals surface area contributed by atoms with Crippen molar-refractivity contribution >= 4 is 136 Å². The zero-order chi connectivity index (χ0) is 96.0. The van der Waals surface area contributed by atoms with Crippen LogP contribution in [-0.4, -0.2) is 297 Å². The van der Waals surface area contributed by atoms with Crippen LogP contribution in [-0.2, 0) is 99.1 Å². The molecule has 128 heavy (non-hydrogen) atoms. The van der Waals surface area contributed by atoms with E-state index in [1.54, 1.807) is 84.4 Å². The zero-order valence-corrected chi connectivity index (χ0v) is 75.3. The Morgan fingerprint density at radius 1 is 0.492 bits per heavy atom. The molecule has 1 aliphatic rings. The number of rotatable bonds is 60. The fourth-order valence-corrected chi connectivity index (χ4v) is 14.1. The molecule has 1 fully saturated rings. The number of nitrogens with one attached hydrogen (secondary N) is 16. The van der Waals surface area contributed by atoms with Crippen molar-refractivity contribution in [3.8, 4) is 5.75 Å². The van der Waals surface area contributed by atoms with Crippen molar-refractivity contribution in [1.82, 2.24) is 84.7 Å². The summed E-state index contributed by atoms with van der Waals surface area (Å²) in [5.41, 5.74) is 24.1. The van der Waals surface area contributed by atoms with Gasteiger partial charge in [0.05, 0.1) is 32.2 Å². The standard InChI is InChI=1S/C82H131N21O23S2/c1-10-44(5)65(102-79(123)66(45(6)11-2)101-68(112)50(84)37-47-19-13-12-14-20-47)78(122)99-59(42-105)75(119)93-54(31-36-128-9)72(116)96-56(38-48-24-26-49(106)27-25-48)73(117)92-52(21-15-16-32-83)71(115)97-57(39-63(109)110)74(118)98-58(41-104)76(120)95-55(28-29-61(85)107)80(124)103-34-18-23-60(103)77(121)94-51(22-17-33-88-82(86)87)69(113)89-40-62(108)91-53(30-35-127-8)70(114)90-46(7)67(111)100-64(43(3)4)81(125)126/h12-14,19-20,24-27,43-46,50-60,64-66,104-106H,10-11,15-18,21-23,28-42,83-84H2,1-9H3,(H2,85,107)(H,89,113)(H,90,114)(H,91,108)(H,92,117)(H,93,119)(H,94,121)(H,95,120)(H,96,116)(H,97,115)(H,98,118)(H,99,122)(H,100,111)(H,101,112)(H,102,123)(H,109,110)(H,125,126)(H4,86,87,88)/t44-,45-,46-,50-,51-,52-,53-,54-,55-,56-,57-,58-,59-,60-,64-,65-,66-/m0/s1. The highest BCUT2D eigenvalue weighted by molar-refractivity contribution is 7.98. The predicted octanol–water partition coefficient (Wildman–Crippen LogP) is -5.61. The lowest BCUT2D eigenvalue weighted by molar-refractivity contribution is -0.143. The second kappa shape index (κ2) is 58.1. The van der Waals surface area contributed by atoms with Crippen LogP contribution in [0.15, 0.2) is 54.6 Å². The Labute approximate surface area is 751 Å². The number of phenols is 1. The molecular weight excluding hydrogens is 1710 g/mol. The van der Waals surface area contributed by atoms with Gasteiger partial charge in [-0.2, -0.15) is 23.5 Å². The number of aromatic hydroxyl groups is 1. The van der Waals surface area contributed by atoms with Crippen molar-refractivity contribution in [1.29, 1.82) is 5.41 Å². The van der Waals surface area contributed by atoms with Crippen LogP contribution in [0.1, 0.15) is 149 Å². The van der Waals surface area contributed by atoms with Crippen molar-refractivity contribution in [2.75, 3.05) is 63.4 Å². The molecule has 0 radical (unpaired) electrons. The number of likely N-dealkylation sites (tertiary alicyclic amines) is 1. The molecule has 2 aromatic rings. The largest absolute Gasteiger partial charge is 0.508 e. The number of thioether (sulfide) groups is 2. The quantitative estimate of drug-likeness (QED) is 0.0167. The third kappa shape index (κ3) is 39.0. The number of aliphatic hydroxyl groups is 2. The van der Waals surface area contributed by atoms with Gasteiger partial charge < -0.3 is 133 Å². The number of carboxylic acid groups (broad SMARTS) is 2. The van der Waals surface area contributed by atoms with E-state index in [9.17, 15) is 112 Å². The Hall–Kier alpha value is -11.5. The summed E-state index contributed by atoms with van der Waals surface area (Å²) < 4.78 is 0. The van der Waals surface area contributed by atoms with Gasteiger partial charge in [-0.1, -0.05) is 96.8 Å². The van der Waals surface area contributed by atoms with Crippen LogP contribution in [0.5, 0.6) is 5.75 Å². The Balaban J connectivity index is 1.90. The van der Waals surface area contributed by atoms with Gasteiger partial charge in [0.15, 0.2) is 5.96 Å². The van der Waals surface area contributed by atoms with Gasteiger partial charge in [-0.3, -0.25) is 86.9 Å². The molecule has 0 aliphatic carbocycles. The first-order chi connectivity index (χ1) is 60.6. The number of amides is 16. The monoisotopic (exact) mass is 1840 g/mol. The van der Waals surface area contributed by atoms with Crippen molar-refractivity contribution in [2.45, 2.75) is 242 Å². The van der Waals surface area contributed by atoms with Gasteiger partial charge >= 0.3 is 11.9 Å². The fraction of sp³-hybridized carbons (Fsp3) is 0.622. The van der Waals surface area contributed by atoms with Crippen molar-refractivity contribution in [2.24, 2.45) is 40.7 Å². The number of unbranched alkanes of at least 4 members (excludes halogenated alkanes) is 1. The molecule has 1 heterocycles. The maximum Gasteiger partial charge on any atom is 0.326 e. The molecule has 17 atom stereocenters. The maximum absolute atomic E-state index is 14.8. The summed E-state index contributed by atoms with van der Waals surface area (Å²) in [5.74, 6) is -20.4. The normalized spacial score (nSPS) is 16.1. The van der Waals surface area contributed by atoms with Crippen LogP contribution in [0.25, 0.3) is 0 Å². The third-order valence-electron chi connectivity index (χ3n) is 21.1. The minimum atomic E-state index is -2.12. The van der Waals surface area contributed by atoms with Gasteiger partial charge in [0.25, 0.3) is 0 Å². The first-order valence-corrected chi connectivity index (χ1v) is 45.2. The SMILES string of the molecule is CC[C@H](C)[C@H](NC(=O)[C@@H](NC(=O)[C@@H](N)Cc1ccccc1)[C@@H](C)CC)C(=O)N[C@@H](CO)C(=O)N[C@@H](CCSC)C(=O)N[C@@H](Cc1ccc(O)cc1)C(=O)N[C@@H](CCCCN)C(=O)N[C@@H](CC(=O)O)C(=O)N[C@@H](CO)C(=O)N[C@@H](CCC(N)=O)C(=O)N1CCC[C@H]1C(=O)N[C@@H](CCCNC(=N)N)C(=O)NCC(=O)N[C@@H](CCSC)C(=O)N[C@@H](C)C(=O)N[C@H](C(=O)O)C(C)C. The number of aliphatic hydroxyl groups excluding tert-OH is 2. The molecule has 0 unspecified atom stereocenters. The van der Waals surface area contributed by atoms with Crippen LogP contribution in [0.4, 0.5) is 0 Å². The lowest BCUT2D eigenvalue weighted by atomic mass is 9.94. The van der Waals surface area contributed by atoms with Gasteiger partial charge in [0.1, 0.15) is 90.3 Å². The van der Waals surface area contributed by atoms with Gasteiger partial charge in [0, 0.05) is 25.9 Å². The zero-order valence-electron chi connectivity index (χ0n) is 73.7. The number of nitrogens with zero attached hydrogens (tertiary/aromatic N) is 1. The maximum atomic E-state index is 14.8. The van der Waals surface area contributed by atoms with Gasteiger partial charge in [-0.05, 0) is 149 Å². The number of guanidine groups is 1. The highest BCUT2D eigenvalue weighted by atomic mass is 32.2. The number of carbonyl (C=O) groups is 18. The van der Waals surface area contributed by atoms with Crippen molar-refractivity contribution < 1.29 is 112 Å². The number of nitrogens with two attached hydrogens (primary N) is 4. The smallest absolute Gasteiger partial charge is 0.326 e. The van der Waals surface area contributed by atoms with E-state index in [0.717, 1.165) is 10.5 Å². The lowest BCUT2D eigenvalue weighted by Crippen LogP contribution is -2.62. The summed E-state index contributed by atoms with van der Waals surface area (Å²) in [5, 5.41) is 96.0. The Morgan fingerprint density at radius 3 is 1.48 bits per heavy atom.